The van der Waals surface area contributed by atoms with Crippen molar-refractivity contribution in [3.63, 3.8) is 0 Å². The van der Waals surface area contributed by atoms with Crippen molar-refractivity contribution in [2.45, 2.75) is 124 Å². The summed E-state index contributed by atoms with van der Waals surface area (Å²) in [6.45, 7) is 12.3. The molecule has 2 aromatic carbocycles. The second-order valence-corrected chi connectivity index (χ2v) is 13.5. The first-order valence-electron chi connectivity index (χ1n) is 16.5. The summed E-state index contributed by atoms with van der Waals surface area (Å²) in [4.78, 5) is 12.8. The molecule has 43 heavy (non-hydrogen) atoms. The summed E-state index contributed by atoms with van der Waals surface area (Å²) in [6.07, 6.45) is 16.0. The number of carbonyl (C=O) groups is 1. The van der Waals surface area contributed by atoms with Crippen LogP contribution in [-0.2, 0) is 16.8 Å². The van der Waals surface area contributed by atoms with E-state index >= 15 is 0 Å². The predicted molar refractivity (Wildman–Crippen MR) is 181 cm³/mol. The van der Waals surface area contributed by atoms with Gasteiger partial charge < -0.3 is 14.8 Å². The average molecular weight is 608 g/mol. The van der Waals surface area contributed by atoms with Gasteiger partial charge in [0, 0.05) is 18.1 Å². The lowest BCUT2D eigenvalue weighted by Gasteiger charge is -2.24. The zero-order chi connectivity index (χ0) is 30.9. The zero-order valence-electron chi connectivity index (χ0n) is 27.4. The minimum atomic E-state index is -0.177. The Morgan fingerprint density at radius 3 is 2.14 bits per heavy atom. The van der Waals surface area contributed by atoms with Crippen molar-refractivity contribution in [2.75, 3.05) is 18.5 Å². The van der Waals surface area contributed by atoms with Gasteiger partial charge in [-0.05, 0) is 36.1 Å². The second kappa shape index (κ2) is 18.7. The van der Waals surface area contributed by atoms with E-state index in [9.17, 15) is 4.79 Å². The monoisotopic (exact) mass is 607 g/mol. The molecule has 0 atom stereocenters. The number of amides is 1. The molecule has 1 aromatic heterocycles. The Morgan fingerprint density at radius 1 is 0.860 bits per heavy atom. The van der Waals surface area contributed by atoms with Crippen LogP contribution in [0, 0.1) is 6.92 Å². The summed E-state index contributed by atoms with van der Waals surface area (Å²) in [5.41, 5.74) is 6.15. The van der Waals surface area contributed by atoms with Gasteiger partial charge >= 0.3 is 0 Å². The number of hydrogen-bond acceptors (Lipinski definition) is 4. The van der Waals surface area contributed by atoms with Crippen LogP contribution in [0.15, 0.2) is 53.4 Å². The molecule has 1 heterocycles. The molecule has 6 heteroatoms. The second-order valence-electron chi connectivity index (χ2n) is 12.8. The predicted octanol–water partition coefficient (Wildman–Crippen LogP) is 9.79. The Bertz CT molecular complexity index is 1230. The molecule has 0 unspecified atom stereocenters. The molecule has 0 aliphatic carbocycles. The standard InChI is InChI=1S/C37H54N2O3S/c1-6-7-8-9-10-11-12-13-14-15-16-19-24-41-35-23-22-32(25-33(35)37(3,4)5)42-27-36(40)38-34-21-18-17-20-31(34)26-39-29-43-28-30(39)2/h17-18,20-23,25,28-29H,6-16,19,24,26-27H2,1-5H3/p+1. The molecule has 0 bridgehead atoms. The highest BCUT2D eigenvalue weighted by Gasteiger charge is 2.21. The number of aryl methyl sites for hydroxylation is 1. The maximum atomic E-state index is 12.8. The van der Waals surface area contributed by atoms with Crippen LogP contribution in [0.2, 0.25) is 0 Å². The number of anilines is 1. The highest BCUT2D eigenvalue weighted by atomic mass is 32.1. The Morgan fingerprint density at radius 2 is 1.51 bits per heavy atom. The molecule has 3 aromatic rings. The van der Waals surface area contributed by atoms with Crippen molar-refractivity contribution in [3.8, 4) is 11.5 Å². The summed E-state index contributed by atoms with van der Waals surface area (Å²) >= 11 is 1.67. The lowest BCUT2D eigenvalue weighted by Crippen LogP contribution is -2.35. The molecule has 236 valence electrons. The van der Waals surface area contributed by atoms with Crippen LogP contribution in [0.3, 0.4) is 0 Å². The normalized spacial score (nSPS) is 11.5. The number of nitrogens with one attached hydrogen (secondary N) is 1. The third-order valence-electron chi connectivity index (χ3n) is 7.90. The summed E-state index contributed by atoms with van der Waals surface area (Å²) < 4.78 is 14.4. The summed E-state index contributed by atoms with van der Waals surface area (Å²) in [6, 6.07) is 13.8. The van der Waals surface area contributed by atoms with Crippen LogP contribution < -0.4 is 19.4 Å². The van der Waals surface area contributed by atoms with Crippen molar-refractivity contribution < 1.29 is 18.8 Å². The molecule has 0 fully saturated rings. The Balaban J connectivity index is 1.41. The fourth-order valence-corrected chi connectivity index (χ4v) is 6.03. The molecular formula is C37H55N2O3S+. The van der Waals surface area contributed by atoms with E-state index in [-0.39, 0.29) is 17.9 Å². The topological polar surface area (TPSA) is 51.4 Å². The number of para-hydroxylation sites is 1. The van der Waals surface area contributed by atoms with Gasteiger partial charge in [0.05, 0.1) is 17.7 Å². The van der Waals surface area contributed by atoms with Gasteiger partial charge in [0.2, 0.25) is 5.51 Å². The van der Waals surface area contributed by atoms with E-state index < -0.39 is 0 Å². The van der Waals surface area contributed by atoms with Crippen molar-refractivity contribution in [3.05, 3.63) is 70.2 Å². The summed E-state index contributed by atoms with van der Waals surface area (Å²) in [7, 11) is 0. The molecule has 0 aliphatic heterocycles. The fourth-order valence-electron chi connectivity index (χ4n) is 5.25. The molecule has 5 nitrogen and oxygen atoms in total. The number of carbonyl (C=O) groups excluding carboxylic acids is 1. The van der Waals surface area contributed by atoms with Gasteiger partial charge in [0.15, 0.2) is 18.8 Å². The minimum absolute atomic E-state index is 0.0540. The summed E-state index contributed by atoms with van der Waals surface area (Å²) in [5, 5.41) is 5.16. The van der Waals surface area contributed by atoms with E-state index in [2.05, 4.69) is 55.4 Å². The van der Waals surface area contributed by atoms with Gasteiger partial charge in [0.25, 0.3) is 5.91 Å². The molecule has 1 N–H and O–H groups in total. The number of hydrogen-bond donors (Lipinski definition) is 1. The Hall–Kier alpha value is -2.86. The maximum absolute atomic E-state index is 12.8. The smallest absolute Gasteiger partial charge is 0.262 e. The molecule has 0 saturated heterocycles. The van der Waals surface area contributed by atoms with Crippen molar-refractivity contribution >= 4 is 22.9 Å². The fraction of sp³-hybridized carbons (Fsp3) is 0.568. The molecular weight excluding hydrogens is 552 g/mol. The van der Waals surface area contributed by atoms with Crippen LogP contribution in [0.4, 0.5) is 5.69 Å². The van der Waals surface area contributed by atoms with E-state index in [0.29, 0.717) is 12.3 Å². The number of thiazole rings is 1. The lowest BCUT2D eigenvalue weighted by molar-refractivity contribution is -0.689. The molecule has 0 spiro atoms. The Kier molecular flexibility index (Phi) is 15.1. The van der Waals surface area contributed by atoms with Crippen LogP contribution in [0.5, 0.6) is 11.5 Å². The molecule has 0 aliphatic rings. The van der Waals surface area contributed by atoms with Gasteiger partial charge in [-0.2, -0.15) is 4.57 Å². The van der Waals surface area contributed by atoms with Gasteiger partial charge in [-0.25, -0.2) is 0 Å². The first-order chi connectivity index (χ1) is 20.8. The average Bonchev–Trinajstić information content (AvgIpc) is 3.39. The van der Waals surface area contributed by atoms with Crippen LogP contribution in [0.25, 0.3) is 0 Å². The summed E-state index contributed by atoms with van der Waals surface area (Å²) in [5.74, 6) is 1.40. The van der Waals surface area contributed by atoms with Gasteiger partial charge in [-0.1, -0.05) is 128 Å². The zero-order valence-corrected chi connectivity index (χ0v) is 28.2. The third-order valence-corrected chi connectivity index (χ3v) is 8.75. The van der Waals surface area contributed by atoms with E-state index in [0.717, 1.165) is 35.6 Å². The van der Waals surface area contributed by atoms with Crippen LogP contribution in [-0.4, -0.2) is 19.1 Å². The first kappa shape index (κ1) is 34.6. The van der Waals surface area contributed by atoms with Gasteiger partial charge in [-0.3, -0.25) is 4.79 Å². The number of rotatable bonds is 20. The number of unbranched alkanes of at least 4 members (excludes halogenated alkanes) is 11. The van der Waals surface area contributed by atoms with E-state index in [1.54, 1.807) is 11.3 Å². The number of nitrogens with zero attached hydrogens (tertiary/aromatic N) is 1. The van der Waals surface area contributed by atoms with Crippen molar-refractivity contribution in [1.82, 2.24) is 0 Å². The third kappa shape index (κ3) is 12.7. The Labute approximate surface area is 265 Å². The van der Waals surface area contributed by atoms with E-state index in [1.807, 2.05) is 42.5 Å². The van der Waals surface area contributed by atoms with Gasteiger partial charge in [-0.15, -0.1) is 0 Å². The number of benzene rings is 2. The van der Waals surface area contributed by atoms with E-state index in [4.69, 9.17) is 9.47 Å². The van der Waals surface area contributed by atoms with Crippen molar-refractivity contribution in [2.24, 2.45) is 0 Å². The minimum Gasteiger partial charge on any atom is -0.493 e. The molecule has 1 amide bonds. The van der Waals surface area contributed by atoms with Gasteiger partial charge in [0.1, 0.15) is 11.5 Å². The largest absolute Gasteiger partial charge is 0.493 e. The molecule has 0 radical (unpaired) electrons. The lowest BCUT2D eigenvalue weighted by atomic mass is 9.86. The quantitative estimate of drug-likeness (QED) is 0.103. The number of aromatic nitrogens is 1. The van der Waals surface area contributed by atoms with Crippen molar-refractivity contribution in [1.29, 1.82) is 0 Å². The highest BCUT2D eigenvalue weighted by molar-refractivity contribution is 7.07. The first-order valence-corrected chi connectivity index (χ1v) is 17.4. The number of ether oxygens (including phenoxy) is 2. The highest BCUT2D eigenvalue weighted by Crippen LogP contribution is 2.34. The maximum Gasteiger partial charge on any atom is 0.262 e. The molecule has 0 saturated carbocycles. The van der Waals surface area contributed by atoms with Crippen LogP contribution >= 0.6 is 11.3 Å². The SMILES string of the molecule is CCCCCCCCCCCCCCOc1ccc(OCC(=O)Nc2ccccc2C[n+]2cscc2C)cc1C(C)(C)C. The molecule has 3 rings (SSSR count). The van der Waals surface area contributed by atoms with E-state index in [1.165, 1.54) is 76.3 Å². The van der Waals surface area contributed by atoms with Crippen LogP contribution in [0.1, 0.15) is 122 Å².